The second-order valence-corrected chi connectivity index (χ2v) is 2.88. The Morgan fingerprint density at radius 3 is 2.25 bits per heavy atom. The van der Waals surface area contributed by atoms with Crippen LogP contribution in [0.1, 0.15) is 33.6 Å². The van der Waals surface area contributed by atoms with Gasteiger partial charge in [-0.1, -0.05) is 13.3 Å². The standard InChI is InChI=1S/C8H14O4/c1-4-5-8(3,7(10)11)12-6(2)9/h4-5H2,1-3H3,(H,10,11)/t8-/m0/s1. The number of rotatable bonds is 4. The van der Waals surface area contributed by atoms with Crippen molar-refractivity contribution in [2.75, 3.05) is 0 Å². The van der Waals surface area contributed by atoms with Crippen molar-refractivity contribution < 1.29 is 19.4 Å². The van der Waals surface area contributed by atoms with E-state index in [0.717, 1.165) is 0 Å². The van der Waals surface area contributed by atoms with Crippen LogP contribution in [0.5, 0.6) is 0 Å². The lowest BCUT2D eigenvalue weighted by Crippen LogP contribution is -2.39. The van der Waals surface area contributed by atoms with Crippen molar-refractivity contribution in [3.05, 3.63) is 0 Å². The Labute approximate surface area is 71.5 Å². The van der Waals surface area contributed by atoms with E-state index in [-0.39, 0.29) is 0 Å². The summed E-state index contributed by atoms with van der Waals surface area (Å²) >= 11 is 0. The highest BCUT2D eigenvalue weighted by molar-refractivity contribution is 5.80. The van der Waals surface area contributed by atoms with Gasteiger partial charge in [-0.2, -0.15) is 0 Å². The van der Waals surface area contributed by atoms with E-state index in [0.29, 0.717) is 12.8 Å². The van der Waals surface area contributed by atoms with Gasteiger partial charge in [-0.05, 0) is 13.3 Å². The van der Waals surface area contributed by atoms with Gasteiger partial charge in [0.05, 0.1) is 0 Å². The lowest BCUT2D eigenvalue weighted by Gasteiger charge is -2.23. The predicted octanol–water partition coefficient (Wildman–Crippen LogP) is 1.19. The minimum absolute atomic E-state index is 0.335. The summed E-state index contributed by atoms with van der Waals surface area (Å²) in [4.78, 5) is 21.2. The molecule has 0 bridgehead atoms. The Hall–Kier alpha value is -1.06. The number of carboxylic acids is 1. The first kappa shape index (κ1) is 10.9. The number of ether oxygens (including phenoxy) is 1. The molecular formula is C8H14O4. The summed E-state index contributed by atoms with van der Waals surface area (Å²) in [6.07, 6.45) is 0.998. The topological polar surface area (TPSA) is 63.6 Å². The minimum Gasteiger partial charge on any atom is -0.478 e. The number of carboxylic acid groups (broad SMARTS) is 1. The monoisotopic (exact) mass is 174 g/mol. The maximum atomic E-state index is 10.7. The number of hydrogen-bond donors (Lipinski definition) is 1. The fraction of sp³-hybridized carbons (Fsp3) is 0.750. The smallest absolute Gasteiger partial charge is 0.347 e. The zero-order valence-electron chi connectivity index (χ0n) is 7.59. The Balaban J connectivity index is 4.38. The molecule has 1 atom stereocenters. The molecule has 0 aromatic heterocycles. The Bertz CT molecular complexity index is 187. The van der Waals surface area contributed by atoms with Gasteiger partial charge in [0.15, 0.2) is 0 Å². The molecule has 0 saturated carbocycles. The van der Waals surface area contributed by atoms with Gasteiger partial charge < -0.3 is 9.84 Å². The van der Waals surface area contributed by atoms with Gasteiger partial charge in [0.2, 0.25) is 5.60 Å². The first-order valence-corrected chi connectivity index (χ1v) is 3.85. The van der Waals surface area contributed by atoms with Crippen LogP contribution < -0.4 is 0 Å². The van der Waals surface area contributed by atoms with Gasteiger partial charge in [0.1, 0.15) is 0 Å². The van der Waals surface area contributed by atoms with E-state index in [1.807, 2.05) is 6.92 Å². The van der Waals surface area contributed by atoms with Crippen molar-refractivity contribution in [1.82, 2.24) is 0 Å². The normalized spacial score (nSPS) is 14.9. The van der Waals surface area contributed by atoms with Crippen molar-refractivity contribution in [2.24, 2.45) is 0 Å². The summed E-state index contributed by atoms with van der Waals surface area (Å²) in [6, 6.07) is 0. The summed E-state index contributed by atoms with van der Waals surface area (Å²) in [5.74, 6) is -1.66. The lowest BCUT2D eigenvalue weighted by atomic mass is 10.0. The molecule has 0 amide bonds. The average Bonchev–Trinajstić information content (AvgIpc) is 1.85. The molecule has 12 heavy (non-hydrogen) atoms. The molecule has 0 unspecified atom stereocenters. The van der Waals surface area contributed by atoms with Crippen molar-refractivity contribution in [1.29, 1.82) is 0 Å². The molecule has 70 valence electrons. The molecule has 0 aliphatic heterocycles. The molecule has 0 aliphatic rings. The van der Waals surface area contributed by atoms with E-state index in [4.69, 9.17) is 9.84 Å². The summed E-state index contributed by atoms with van der Waals surface area (Å²) in [6.45, 7) is 4.45. The van der Waals surface area contributed by atoms with Crippen LogP contribution in [0, 0.1) is 0 Å². The minimum atomic E-state index is -1.36. The summed E-state index contributed by atoms with van der Waals surface area (Å²) in [7, 11) is 0. The van der Waals surface area contributed by atoms with Crippen LogP contribution in [-0.4, -0.2) is 22.6 Å². The second-order valence-electron chi connectivity index (χ2n) is 2.88. The highest BCUT2D eigenvalue weighted by atomic mass is 16.6. The Morgan fingerprint density at radius 1 is 1.50 bits per heavy atom. The third-order valence-electron chi connectivity index (χ3n) is 1.55. The van der Waals surface area contributed by atoms with Gasteiger partial charge in [0.25, 0.3) is 0 Å². The van der Waals surface area contributed by atoms with Crippen LogP contribution in [0.2, 0.25) is 0 Å². The van der Waals surface area contributed by atoms with Gasteiger partial charge in [-0.15, -0.1) is 0 Å². The predicted molar refractivity (Wildman–Crippen MR) is 42.7 cm³/mol. The van der Waals surface area contributed by atoms with Crippen molar-refractivity contribution in [2.45, 2.75) is 39.2 Å². The number of aliphatic carboxylic acids is 1. The van der Waals surface area contributed by atoms with Crippen molar-refractivity contribution >= 4 is 11.9 Å². The van der Waals surface area contributed by atoms with E-state index in [1.165, 1.54) is 13.8 Å². The van der Waals surface area contributed by atoms with E-state index >= 15 is 0 Å². The fourth-order valence-corrected chi connectivity index (χ4v) is 0.996. The summed E-state index contributed by atoms with van der Waals surface area (Å²) in [5, 5.41) is 8.74. The molecule has 0 radical (unpaired) electrons. The highest BCUT2D eigenvalue weighted by Crippen LogP contribution is 2.17. The first-order chi connectivity index (χ1) is 5.42. The SMILES string of the molecule is CCC[C@](C)(OC(C)=O)C(=O)O. The van der Waals surface area contributed by atoms with E-state index in [2.05, 4.69) is 0 Å². The Kier molecular flexibility index (Phi) is 3.73. The summed E-state index contributed by atoms with van der Waals surface area (Å²) in [5.41, 5.74) is -1.36. The molecule has 0 aromatic carbocycles. The molecule has 0 saturated heterocycles. The molecular weight excluding hydrogens is 160 g/mol. The maximum Gasteiger partial charge on any atom is 0.347 e. The second kappa shape index (κ2) is 4.09. The van der Waals surface area contributed by atoms with Gasteiger partial charge in [0, 0.05) is 6.92 Å². The van der Waals surface area contributed by atoms with Gasteiger partial charge in [-0.25, -0.2) is 4.79 Å². The number of carbonyl (C=O) groups excluding carboxylic acids is 1. The molecule has 0 aromatic rings. The molecule has 0 rings (SSSR count). The number of esters is 1. The maximum absolute atomic E-state index is 10.7. The average molecular weight is 174 g/mol. The van der Waals surface area contributed by atoms with Gasteiger partial charge in [-0.3, -0.25) is 4.79 Å². The molecule has 0 fully saturated rings. The van der Waals surface area contributed by atoms with E-state index < -0.39 is 17.5 Å². The highest BCUT2D eigenvalue weighted by Gasteiger charge is 2.35. The largest absolute Gasteiger partial charge is 0.478 e. The quantitative estimate of drug-likeness (QED) is 0.650. The van der Waals surface area contributed by atoms with Crippen LogP contribution in [0.4, 0.5) is 0 Å². The third-order valence-corrected chi connectivity index (χ3v) is 1.55. The van der Waals surface area contributed by atoms with Crippen molar-refractivity contribution in [3.63, 3.8) is 0 Å². The zero-order valence-corrected chi connectivity index (χ0v) is 7.59. The molecule has 4 nitrogen and oxygen atoms in total. The fourth-order valence-electron chi connectivity index (χ4n) is 0.996. The molecule has 1 N–H and O–H groups in total. The lowest BCUT2D eigenvalue weighted by molar-refractivity contribution is -0.175. The van der Waals surface area contributed by atoms with Gasteiger partial charge >= 0.3 is 11.9 Å². The number of hydrogen-bond acceptors (Lipinski definition) is 3. The molecule has 0 heterocycles. The van der Waals surface area contributed by atoms with Crippen LogP contribution in [0.25, 0.3) is 0 Å². The first-order valence-electron chi connectivity index (χ1n) is 3.85. The Morgan fingerprint density at radius 2 is 2.00 bits per heavy atom. The van der Waals surface area contributed by atoms with Crippen LogP contribution in [-0.2, 0) is 14.3 Å². The summed E-state index contributed by atoms with van der Waals surface area (Å²) < 4.78 is 4.70. The zero-order chi connectivity index (χ0) is 9.78. The van der Waals surface area contributed by atoms with Crippen molar-refractivity contribution in [3.8, 4) is 0 Å². The number of carbonyl (C=O) groups is 2. The van der Waals surface area contributed by atoms with E-state index in [9.17, 15) is 9.59 Å². The molecule has 0 spiro atoms. The van der Waals surface area contributed by atoms with Crippen LogP contribution in [0.15, 0.2) is 0 Å². The van der Waals surface area contributed by atoms with Crippen LogP contribution in [0.3, 0.4) is 0 Å². The molecule has 0 aliphatic carbocycles. The van der Waals surface area contributed by atoms with Crippen LogP contribution >= 0.6 is 0 Å². The molecule has 4 heteroatoms. The third kappa shape index (κ3) is 2.90. The van der Waals surface area contributed by atoms with E-state index in [1.54, 1.807) is 0 Å².